The zero-order chi connectivity index (χ0) is 11.1. The summed E-state index contributed by atoms with van der Waals surface area (Å²) in [5.74, 6) is 0. The van der Waals surface area contributed by atoms with Gasteiger partial charge < -0.3 is 0 Å². The van der Waals surface area contributed by atoms with Crippen molar-refractivity contribution >= 4 is 15.9 Å². The maximum Gasteiger partial charge on any atom is 0.113 e. The first kappa shape index (κ1) is 11.9. The fourth-order valence-electron chi connectivity index (χ4n) is 1.22. The molecule has 0 amide bonds. The van der Waals surface area contributed by atoms with Gasteiger partial charge >= 0.3 is 0 Å². The molecule has 0 radical (unpaired) electrons. The van der Waals surface area contributed by atoms with Crippen molar-refractivity contribution in [1.82, 2.24) is 4.98 Å². The molecule has 2 rings (SSSR count). The summed E-state index contributed by atoms with van der Waals surface area (Å²) < 4.78 is 0.890. The van der Waals surface area contributed by atoms with Crippen LogP contribution in [-0.2, 0) is 0 Å². The van der Waals surface area contributed by atoms with Crippen LogP contribution in [0.15, 0.2) is 53.3 Å². The number of rotatable bonds is 1. The van der Waals surface area contributed by atoms with Crippen LogP contribution in [0.25, 0.3) is 11.1 Å². The molecule has 1 aromatic heterocycles. The van der Waals surface area contributed by atoms with Gasteiger partial charge in [0, 0.05) is 11.8 Å². The molecule has 0 fully saturated rings. The molecular weight excluding hydrogens is 250 g/mol. The van der Waals surface area contributed by atoms with Gasteiger partial charge in [-0.1, -0.05) is 50.2 Å². The van der Waals surface area contributed by atoms with Gasteiger partial charge in [-0.3, -0.25) is 0 Å². The minimum atomic E-state index is 0.890. The minimum Gasteiger partial charge on any atom is -0.249 e. The molecule has 0 atom stereocenters. The van der Waals surface area contributed by atoms with Crippen molar-refractivity contribution < 1.29 is 0 Å². The molecule has 2 aromatic rings. The van der Waals surface area contributed by atoms with Crippen LogP contribution in [0.5, 0.6) is 0 Å². The van der Waals surface area contributed by atoms with E-state index in [2.05, 4.69) is 33.0 Å². The number of pyridine rings is 1. The second-order valence-electron chi connectivity index (χ2n) is 2.71. The maximum absolute atomic E-state index is 4.17. The number of hydrogen-bond acceptors (Lipinski definition) is 1. The van der Waals surface area contributed by atoms with Crippen LogP contribution < -0.4 is 0 Å². The van der Waals surface area contributed by atoms with Crippen molar-refractivity contribution in [2.75, 3.05) is 0 Å². The lowest BCUT2D eigenvalue weighted by molar-refractivity contribution is 1.28. The standard InChI is InChI=1S/C11H8BrN.C2H6/c12-11-10(7-4-8-13-11)9-5-2-1-3-6-9;1-2/h1-8H;1-2H3. The number of benzene rings is 1. The average molecular weight is 264 g/mol. The molecule has 0 N–H and O–H groups in total. The number of aromatic nitrogens is 1. The Kier molecular flexibility index (Phi) is 5.05. The van der Waals surface area contributed by atoms with Crippen LogP contribution in [-0.4, -0.2) is 4.98 Å². The van der Waals surface area contributed by atoms with Gasteiger partial charge in [0.25, 0.3) is 0 Å². The quantitative estimate of drug-likeness (QED) is 0.689. The van der Waals surface area contributed by atoms with Crippen LogP contribution in [0.3, 0.4) is 0 Å². The Morgan fingerprint density at radius 2 is 1.60 bits per heavy atom. The second-order valence-corrected chi connectivity index (χ2v) is 3.46. The number of hydrogen-bond donors (Lipinski definition) is 0. The number of nitrogens with zero attached hydrogens (tertiary/aromatic N) is 1. The van der Waals surface area contributed by atoms with Gasteiger partial charge in [0.2, 0.25) is 0 Å². The van der Waals surface area contributed by atoms with Crippen LogP contribution in [0.2, 0.25) is 0 Å². The summed E-state index contributed by atoms with van der Waals surface area (Å²) in [6.45, 7) is 4.00. The topological polar surface area (TPSA) is 12.9 Å². The fourth-order valence-corrected chi connectivity index (χ4v) is 1.70. The van der Waals surface area contributed by atoms with Gasteiger partial charge in [-0.25, -0.2) is 4.98 Å². The van der Waals surface area contributed by atoms with E-state index in [0.29, 0.717) is 0 Å². The van der Waals surface area contributed by atoms with E-state index < -0.39 is 0 Å². The average Bonchev–Trinajstić information content (AvgIpc) is 2.33. The predicted molar refractivity (Wildman–Crippen MR) is 68.7 cm³/mol. The van der Waals surface area contributed by atoms with Crippen LogP contribution in [0.4, 0.5) is 0 Å². The molecule has 0 aliphatic carbocycles. The molecule has 0 aliphatic heterocycles. The number of halogens is 1. The molecule has 0 aliphatic rings. The minimum absolute atomic E-state index is 0.890. The van der Waals surface area contributed by atoms with Gasteiger partial charge in [-0.15, -0.1) is 0 Å². The summed E-state index contributed by atoms with van der Waals surface area (Å²) in [6, 6.07) is 14.2. The predicted octanol–water partition coefficient (Wildman–Crippen LogP) is 4.54. The zero-order valence-electron chi connectivity index (χ0n) is 8.94. The first-order valence-electron chi connectivity index (χ1n) is 5.04. The Morgan fingerprint density at radius 1 is 0.933 bits per heavy atom. The molecule has 78 valence electrons. The Bertz CT molecular complexity index is 398. The van der Waals surface area contributed by atoms with Crippen molar-refractivity contribution in [3.63, 3.8) is 0 Å². The van der Waals surface area contributed by atoms with Gasteiger partial charge in [-0.2, -0.15) is 0 Å². The van der Waals surface area contributed by atoms with E-state index in [9.17, 15) is 0 Å². The van der Waals surface area contributed by atoms with E-state index in [4.69, 9.17) is 0 Å². The van der Waals surface area contributed by atoms with Crippen molar-refractivity contribution in [3.8, 4) is 11.1 Å². The summed E-state index contributed by atoms with van der Waals surface area (Å²) in [5.41, 5.74) is 2.31. The third kappa shape index (κ3) is 3.17. The molecule has 15 heavy (non-hydrogen) atoms. The zero-order valence-corrected chi connectivity index (χ0v) is 10.5. The SMILES string of the molecule is Brc1ncccc1-c1ccccc1.CC. The molecule has 2 heteroatoms. The molecule has 0 spiro atoms. The van der Waals surface area contributed by atoms with E-state index in [1.54, 1.807) is 6.20 Å². The van der Waals surface area contributed by atoms with Crippen LogP contribution in [0.1, 0.15) is 13.8 Å². The molecule has 1 aromatic carbocycles. The Balaban J connectivity index is 0.000000531. The van der Waals surface area contributed by atoms with Crippen LogP contribution in [0, 0.1) is 0 Å². The van der Waals surface area contributed by atoms with Crippen molar-refractivity contribution in [2.24, 2.45) is 0 Å². The lowest BCUT2D eigenvalue weighted by atomic mass is 10.1. The second kappa shape index (κ2) is 6.36. The molecular formula is C13H14BrN. The summed E-state index contributed by atoms with van der Waals surface area (Å²) in [6.07, 6.45) is 1.77. The fraction of sp³-hybridized carbons (Fsp3) is 0.154. The van der Waals surface area contributed by atoms with Gasteiger partial charge in [0.15, 0.2) is 0 Å². The van der Waals surface area contributed by atoms with E-state index in [-0.39, 0.29) is 0 Å². The third-order valence-corrected chi connectivity index (χ3v) is 2.48. The third-order valence-electron chi connectivity index (χ3n) is 1.84. The molecule has 0 unspecified atom stereocenters. The summed E-state index contributed by atoms with van der Waals surface area (Å²) in [5, 5.41) is 0. The highest BCUT2D eigenvalue weighted by Gasteiger charge is 2.00. The van der Waals surface area contributed by atoms with Crippen molar-refractivity contribution in [3.05, 3.63) is 53.3 Å². The highest BCUT2D eigenvalue weighted by atomic mass is 79.9. The molecule has 0 saturated heterocycles. The Hall–Kier alpha value is -1.15. The summed E-state index contributed by atoms with van der Waals surface area (Å²) in [4.78, 5) is 4.17. The molecule has 1 nitrogen and oxygen atoms in total. The van der Waals surface area contributed by atoms with E-state index in [0.717, 1.165) is 10.2 Å². The largest absolute Gasteiger partial charge is 0.249 e. The van der Waals surface area contributed by atoms with Crippen LogP contribution >= 0.6 is 15.9 Å². The molecule has 0 saturated carbocycles. The summed E-state index contributed by atoms with van der Waals surface area (Å²) in [7, 11) is 0. The summed E-state index contributed by atoms with van der Waals surface area (Å²) >= 11 is 3.42. The van der Waals surface area contributed by atoms with Crippen molar-refractivity contribution in [1.29, 1.82) is 0 Å². The maximum atomic E-state index is 4.17. The van der Waals surface area contributed by atoms with E-state index >= 15 is 0 Å². The molecule has 0 bridgehead atoms. The smallest absolute Gasteiger partial charge is 0.113 e. The highest BCUT2D eigenvalue weighted by molar-refractivity contribution is 9.10. The normalized spacial score (nSPS) is 9.00. The van der Waals surface area contributed by atoms with Crippen molar-refractivity contribution in [2.45, 2.75) is 13.8 Å². The van der Waals surface area contributed by atoms with Gasteiger partial charge in [-0.05, 0) is 27.6 Å². The Labute approximate surface area is 99.3 Å². The first-order chi connectivity index (χ1) is 7.38. The van der Waals surface area contributed by atoms with Gasteiger partial charge in [0.1, 0.15) is 4.60 Å². The Morgan fingerprint density at radius 3 is 2.20 bits per heavy atom. The first-order valence-corrected chi connectivity index (χ1v) is 5.83. The monoisotopic (exact) mass is 263 g/mol. The van der Waals surface area contributed by atoms with Gasteiger partial charge in [0.05, 0.1) is 0 Å². The van der Waals surface area contributed by atoms with E-state index in [1.165, 1.54) is 5.56 Å². The molecule has 1 heterocycles. The highest BCUT2D eigenvalue weighted by Crippen LogP contribution is 2.25. The lowest BCUT2D eigenvalue weighted by Crippen LogP contribution is -1.81. The van der Waals surface area contributed by atoms with E-state index in [1.807, 2.05) is 44.2 Å². The lowest BCUT2D eigenvalue weighted by Gasteiger charge is -2.01.